The summed E-state index contributed by atoms with van der Waals surface area (Å²) in [6, 6.07) is 5.71. The smallest absolute Gasteiger partial charge is 0.410 e. The summed E-state index contributed by atoms with van der Waals surface area (Å²) in [5.74, 6) is 3.00. The van der Waals surface area contributed by atoms with E-state index in [0.29, 0.717) is 12.3 Å². The van der Waals surface area contributed by atoms with E-state index in [9.17, 15) is 4.79 Å². The van der Waals surface area contributed by atoms with Crippen LogP contribution in [0.25, 0.3) is 0 Å². The van der Waals surface area contributed by atoms with Crippen LogP contribution in [-0.4, -0.2) is 24.1 Å². The number of terminal acetylenes is 1. The molecule has 0 heterocycles. The van der Waals surface area contributed by atoms with Crippen molar-refractivity contribution >= 4 is 18.5 Å². The number of amides is 1. The minimum atomic E-state index is -0.406. The number of hydrogen-bond acceptors (Lipinski definition) is 3. The Hall–Kier alpha value is -1.70. The van der Waals surface area contributed by atoms with Crippen molar-refractivity contribution in [3.8, 4) is 18.1 Å². The summed E-state index contributed by atoms with van der Waals surface area (Å²) >= 11 is 0. The molecule has 1 aromatic carbocycles. The Morgan fingerprint density at radius 3 is 3.00 bits per heavy atom. The molecule has 0 saturated carbocycles. The largest absolute Gasteiger partial charge is 0.416 e. The molecule has 1 atom stereocenters. The van der Waals surface area contributed by atoms with E-state index < -0.39 is 6.09 Å². The number of nitrogens with zero attached hydrogens (tertiary/aromatic N) is 1. The van der Waals surface area contributed by atoms with Crippen molar-refractivity contribution in [2.45, 2.75) is 32.2 Å². The molecule has 0 saturated heterocycles. The zero-order chi connectivity index (χ0) is 14.5. The fourth-order valence-electron chi connectivity index (χ4n) is 2.46. The molecule has 0 aliphatic heterocycles. The van der Waals surface area contributed by atoms with Crippen LogP contribution in [0.2, 0.25) is 0 Å². The van der Waals surface area contributed by atoms with E-state index in [1.807, 2.05) is 25.1 Å². The number of carbonyl (C=O) groups excluding carboxylic acids is 1. The number of aryl methyl sites for hydroxylation is 1. The fourth-order valence-corrected chi connectivity index (χ4v) is 2.46. The van der Waals surface area contributed by atoms with E-state index >= 15 is 0 Å². The highest BCUT2D eigenvalue weighted by atomic mass is 35.5. The first-order chi connectivity index (χ1) is 9.65. The molecule has 2 rings (SSSR count). The minimum Gasteiger partial charge on any atom is -0.410 e. The highest BCUT2D eigenvalue weighted by molar-refractivity contribution is 5.85. The second kappa shape index (κ2) is 7.92. The quantitative estimate of drug-likeness (QED) is 0.870. The van der Waals surface area contributed by atoms with E-state index in [4.69, 9.17) is 16.9 Å². The molecule has 5 heteroatoms. The van der Waals surface area contributed by atoms with Crippen molar-refractivity contribution in [3.63, 3.8) is 0 Å². The summed E-state index contributed by atoms with van der Waals surface area (Å²) in [7, 11) is 0. The summed E-state index contributed by atoms with van der Waals surface area (Å²) < 4.78 is 5.39. The van der Waals surface area contributed by atoms with E-state index in [2.05, 4.69) is 5.92 Å². The zero-order valence-corrected chi connectivity index (χ0v) is 13.0. The van der Waals surface area contributed by atoms with Gasteiger partial charge in [-0.1, -0.05) is 18.9 Å². The molecule has 114 valence electrons. The molecular weight excluding hydrogens is 288 g/mol. The molecule has 4 nitrogen and oxygen atoms in total. The third-order valence-electron chi connectivity index (χ3n) is 3.48. The minimum absolute atomic E-state index is 0. The number of ether oxygens (including phenoxy) is 1. The first-order valence-corrected chi connectivity index (χ1v) is 6.94. The Balaban J connectivity index is 0.00000220. The predicted molar refractivity (Wildman–Crippen MR) is 85.7 cm³/mol. The van der Waals surface area contributed by atoms with Crippen molar-refractivity contribution in [1.82, 2.24) is 4.90 Å². The van der Waals surface area contributed by atoms with Gasteiger partial charge in [-0.2, -0.15) is 0 Å². The Morgan fingerprint density at radius 1 is 1.57 bits per heavy atom. The van der Waals surface area contributed by atoms with Crippen molar-refractivity contribution in [2.75, 3.05) is 13.1 Å². The highest BCUT2D eigenvalue weighted by Gasteiger charge is 2.21. The lowest BCUT2D eigenvalue weighted by Crippen LogP contribution is -2.34. The van der Waals surface area contributed by atoms with Crippen molar-refractivity contribution < 1.29 is 9.53 Å². The summed E-state index contributed by atoms with van der Waals surface area (Å²) in [4.78, 5) is 13.6. The maximum atomic E-state index is 12.1. The molecule has 0 aromatic heterocycles. The topological polar surface area (TPSA) is 55.6 Å². The van der Waals surface area contributed by atoms with Crippen LogP contribution in [-0.2, 0) is 6.42 Å². The van der Waals surface area contributed by atoms with E-state index in [-0.39, 0.29) is 25.0 Å². The number of nitrogens with two attached hydrogens (primary N) is 1. The molecule has 0 bridgehead atoms. The lowest BCUT2D eigenvalue weighted by atomic mass is 10.1. The Morgan fingerprint density at radius 2 is 2.33 bits per heavy atom. The standard InChI is InChI=1S/C16H20N2O2.ClH/c1-3-9-18(10-4-2)16(19)20-13-7-5-12-6-8-15(17)14(12)11-13;/h1,5,7,11,15H,4,6,8-10,17H2,2H3;1H. The lowest BCUT2D eigenvalue weighted by molar-refractivity contribution is 0.158. The molecule has 1 amide bonds. The third kappa shape index (κ3) is 4.13. The monoisotopic (exact) mass is 308 g/mol. The molecule has 1 aliphatic rings. The van der Waals surface area contributed by atoms with Crippen molar-refractivity contribution in [1.29, 1.82) is 0 Å². The van der Waals surface area contributed by atoms with Gasteiger partial charge in [0.1, 0.15) is 5.75 Å². The van der Waals surface area contributed by atoms with Crippen LogP contribution < -0.4 is 10.5 Å². The van der Waals surface area contributed by atoms with Crippen molar-refractivity contribution in [3.05, 3.63) is 29.3 Å². The van der Waals surface area contributed by atoms with Gasteiger partial charge in [-0.25, -0.2) is 4.79 Å². The first-order valence-electron chi connectivity index (χ1n) is 6.94. The second-order valence-electron chi connectivity index (χ2n) is 5.00. The van der Waals surface area contributed by atoms with E-state index in [0.717, 1.165) is 24.8 Å². The van der Waals surface area contributed by atoms with Gasteiger partial charge in [0.05, 0.1) is 6.54 Å². The molecule has 0 radical (unpaired) electrons. The summed E-state index contributed by atoms with van der Waals surface area (Å²) in [5.41, 5.74) is 8.34. The zero-order valence-electron chi connectivity index (χ0n) is 12.2. The van der Waals surface area contributed by atoms with Gasteiger partial charge in [-0.3, -0.25) is 4.90 Å². The number of rotatable bonds is 4. The highest BCUT2D eigenvalue weighted by Crippen LogP contribution is 2.32. The van der Waals surface area contributed by atoms with Crippen LogP contribution in [0.3, 0.4) is 0 Å². The Labute approximate surface area is 132 Å². The molecule has 1 aliphatic carbocycles. The first kappa shape index (κ1) is 17.4. The average molecular weight is 309 g/mol. The predicted octanol–water partition coefficient (Wildman–Crippen LogP) is 2.90. The van der Waals surface area contributed by atoms with Crippen LogP contribution in [0.5, 0.6) is 5.75 Å². The number of hydrogen-bond donors (Lipinski definition) is 1. The molecule has 21 heavy (non-hydrogen) atoms. The molecule has 1 unspecified atom stereocenters. The number of fused-ring (bicyclic) bond motifs is 1. The van der Waals surface area contributed by atoms with Gasteiger partial charge >= 0.3 is 6.09 Å². The van der Waals surface area contributed by atoms with Crippen LogP contribution in [0.1, 0.15) is 36.9 Å². The van der Waals surface area contributed by atoms with Gasteiger partial charge in [-0.15, -0.1) is 18.8 Å². The van der Waals surface area contributed by atoms with E-state index in [1.54, 1.807) is 0 Å². The number of carbonyl (C=O) groups is 1. The van der Waals surface area contributed by atoms with Crippen LogP contribution in [0, 0.1) is 12.3 Å². The molecule has 0 fully saturated rings. The molecule has 2 N–H and O–H groups in total. The molecule has 1 aromatic rings. The van der Waals surface area contributed by atoms with Crippen molar-refractivity contribution in [2.24, 2.45) is 5.73 Å². The molecular formula is C16H21ClN2O2. The van der Waals surface area contributed by atoms with Gasteiger partial charge in [0.2, 0.25) is 0 Å². The SMILES string of the molecule is C#CCN(CCC)C(=O)Oc1ccc2c(c1)C(N)CC2.Cl. The van der Waals surface area contributed by atoms with Gasteiger partial charge in [0.15, 0.2) is 0 Å². The fraction of sp³-hybridized carbons (Fsp3) is 0.438. The second-order valence-corrected chi connectivity index (χ2v) is 5.00. The van der Waals surface area contributed by atoms with Gasteiger partial charge in [0, 0.05) is 12.6 Å². The maximum Gasteiger partial charge on any atom is 0.416 e. The Kier molecular flexibility index (Phi) is 6.54. The molecule has 0 spiro atoms. The van der Waals surface area contributed by atoms with Gasteiger partial charge < -0.3 is 10.5 Å². The number of benzene rings is 1. The number of halogens is 1. The van der Waals surface area contributed by atoms with Crippen LogP contribution in [0.4, 0.5) is 4.79 Å². The van der Waals surface area contributed by atoms with Gasteiger partial charge in [0.25, 0.3) is 0 Å². The normalized spacial score (nSPS) is 15.6. The summed E-state index contributed by atoms with van der Waals surface area (Å²) in [6.45, 7) is 2.84. The lowest BCUT2D eigenvalue weighted by Gasteiger charge is -2.19. The van der Waals surface area contributed by atoms with Gasteiger partial charge in [-0.05, 0) is 42.5 Å². The summed E-state index contributed by atoms with van der Waals surface area (Å²) in [6.07, 6.45) is 7.64. The van der Waals surface area contributed by atoms with E-state index in [1.165, 1.54) is 10.5 Å². The third-order valence-corrected chi connectivity index (χ3v) is 3.48. The summed E-state index contributed by atoms with van der Waals surface area (Å²) in [5, 5.41) is 0. The maximum absolute atomic E-state index is 12.1. The van der Waals surface area contributed by atoms with Crippen LogP contribution in [0.15, 0.2) is 18.2 Å². The van der Waals surface area contributed by atoms with Crippen LogP contribution >= 0.6 is 12.4 Å². The Bertz CT molecular complexity index is 540. The average Bonchev–Trinajstić information content (AvgIpc) is 2.80.